The minimum absolute atomic E-state index is 0.134. The molecule has 4 aromatic rings. The number of nitrogens with one attached hydrogen (secondary N) is 5. The van der Waals surface area contributed by atoms with Gasteiger partial charge in [0.15, 0.2) is 0 Å². The van der Waals surface area contributed by atoms with Crippen LogP contribution in [0.15, 0.2) is 72.8 Å². The fourth-order valence-corrected chi connectivity index (χ4v) is 11.5. The van der Waals surface area contributed by atoms with Crippen LogP contribution in [0.2, 0.25) is 10.0 Å². The third-order valence-electron chi connectivity index (χ3n) is 13.7. The van der Waals surface area contributed by atoms with Gasteiger partial charge >= 0.3 is 0 Å². The number of hydrogen-bond acceptors (Lipinski definition) is 7. The molecule has 0 radical (unpaired) electrons. The molecule has 2 aliphatic carbocycles. The van der Waals surface area contributed by atoms with Crippen molar-refractivity contribution < 1.29 is 28.8 Å². The topological polar surface area (TPSA) is 166 Å². The fourth-order valence-electron chi connectivity index (χ4n) is 11.0. The van der Waals surface area contributed by atoms with Crippen molar-refractivity contribution in [2.24, 2.45) is 0 Å². The van der Waals surface area contributed by atoms with Crippen LogP contribution in [0, 0.1) is 11.8 Å². The molecule has 14 heteroatoms. The molecule has 2 spiro atoms. The van der Waals surface area contributed by atoms with Crippen LogP contribution in [0.1, 0.15) is 107 Å². The molecule has 2 bridgehead atoms. The number of amides is 6. The molecule has 10 rings (SSSR count). The second kappa shape index (κ2) is 15.4. The van der Waals surface area contributed by atoms with E-state index in [9.17, 15) is 28.8 Å². The zero-order valence-electron chi connectivity index (χ0n) is 33.6. The van der Waals surface area contributed by atoms with E-state index in [1.165, 1.54) is 4.90 Å². The predicted molar refractivity (Wildman–Crippen MR) is 234 cm³/mol. The molecule has 1 saturated carbocycles. The van der Waals surface area contributed by atoms with Crippen LogP contribution in [0.4, 0.5) is 11.4 Å². The summed E-state index contributed by atoms with van der Waals surface area (Å²) in [5.41, 5.74) is 5.09. The van der Waals surface area contributed by atoms with E-state index in [-0.39, 0.29) is 42.5 Å². The molecule has 2 saturated heterocycles. The average molecular weight is 870 g/mol. The van der Waals surface area contributed by atoms with Gasteiger partial charge in [0.05, 0.1) is 11.1 Å². The Morgan fingerprint density at radius 2 is 1.69 bits per heavy atom. The molecule has 4 aromatic carbocycles. The first-order chi connectivity index (χ1) is 30.0. The van der Waals surface area contributed by atoms with E-state index in [4.69, 9.17) is 23.2 Å². The van der Waals surface area contributed by atoms with Gasteiger partial charge < -0.3 is 20.9 Å². The van der Waals surface area contributed by atoms with Crippen molar-refractivity contribution in [3.63, 3.8) is 0 Å². The van der Waals surface area contributed by atoms with Crippen LogP contribution in [-0.4, -0.2) is 64.5 Å². The summed E-state index contributed by atoms with van der Waals surface area (Å²) in [5, 5.41) is 16.3. The van der Waals surface area contributed by atoms with Gasteiger partial charge in [-0.1, -0.05) is 66.4 Å². The average Bonchev–Trinajstić information content (AvgIpc) is 3.81. The van der Waals surface area contributed by atoms with Gasteiger partial charge in [-0.15, -0.1) is 0 Å². The van der Waals surface area contributed by atoms with Crippen LogP contribution < -0.4 is 26.6 Å². The maximum Gasteiger partial charge on any atom is 0.255 e. The number of imide groups is 1. The van der Waals surface area contributed by atoms with Crippen LogP contribution in [0.3, 0.4) is 0 Å². The lowest BCUT2D eigenvalue weighted by Crippen LogP contribution is -2.60. The summed E-state index contributed by atoms with van der Waals surface area (Å²) in [4.78, 5) is 80.7. The molecule has 6 aliphatic rings. The van der Waals surface area contributed by atoms with E-state index in [2.05, 4.69) is 38.4 Å². The molecule has 314 valence electrons. The zero-order valence-corrected chi connectivity index (χ0v) is 35.1. The summed E-state index contributed by atoms with van der Waals surface area (Å²) in [5.74, 6) is 4.01. The Labute approximate surface area is 367 Å². The highest BCUT2D eigenvalue weighted by Crippen LogP contribution is 2.66. The largest absolute Gasteiger partial charge is 0.352 e. The molecule has 0 aromatic heterocycles. The summed E-state index contributed by atoms with van der Waals surface area (Å²) in [6.07, 6.45) is 6.01. The number of anilines is 2. The van der Waals surface area contributed by atoms with Crippen molar-refractivity contribution in [1.29, 1.82) is 0 Å². The van der Waals surface area contributed by atoms with Crippen molar-refractivity contribution >= 4 is 70.0 Å². The highest BCUT2D eigenvalue weighted by atomic mass is 35.5. The number of piperidine rings is 1. The van der Waals surface area contributed by atoms with Gasteiger partial charge in [-0.2, -0.15) is 0 Å². The number of halogens is 2. The summed E-state index contributed by atoms with van der Waals surface area (Å²) < 4.78 is 0. The van der Waals surface area contributed by atoms with Crippen LogP contribution in [0.25, 0.3) is 11.1 Å². The van der Waals surface area contributed by atoms with Gasteiger partial charge in [0, 0.05) is 81.6 Å². The van der Waals surface area contributed by atoms with Crippen LogP contribution >= 0.6 is 23.2 Å². The number of rotatable bonds is 7. The van der Waals surface area contributed by atoms with Crippen molar-refractivity contribution in [2.45, 2.75) is 93.3 Å². The van der Waals surface area contributed by atoms with Crippen LogP contribution in [0.5, 0.6) is 0 Å². The Hall–Kier alpha value is -6.00. The Balaban J connectivity index is 0.787. The number of fused-ring (bicyclic) bond motifs is 5. The maximum atomic E-state index is 14.6. The monoisotopic (exact) mass is 868 g/mol. The van der Waals surface area contributed by atoms with E-state index in [0.29, 0.717) is 58.4 Å². The normalized spacial score (nSPS) is 23.6. The van der Waals surface area contributed by atoms with Gasteiger partial charge in [-0.25, -0.2) is 0 Å². The van der Waals surface area contributed by atoms with E-state index >= 15 is 0 Å². The first-order valence-electron chi connectivity index (χ1n) is 21.2. The standard InChI is InChI=1S/C48H42Cl2N6O6/c49-34-10-7-9-31-39(34)32-23-33-36(24-35(32)50)53-46(62)48(33)40(31)41(55-47(48)19-4-2-5-20-47)44(60)52-29-14-12-27(13-15-29)42(58)51-21-6-1-3-8-26-11-16-30-28(22-26)25-56(45(30)61)37-17-18-38(57)54-43(37)59/h7,9-16,22-24,37,40-41,55H,1-2,4-6,17-21,25H2,(H,51,58)(H,52,60)(H,53,62)(H,54,57,59)/t37?,40-,41+,48+/m0/s1. The highest BCUT2D eigenvalue weighted by molar-refractivity contribution is 6.37. The van der Waals surface area contributed by atoms with Crippen molar-refractivity contribution in [3.05, 3.63) is 116 Å². The second-order valence-electron chi connectivity index (χ2n) is 17.1. The third kappa shape index (κ3) is 6.31. The van der Waals surface area contributed by atoms with Crippen LogP contribution in [-0.2, 0) is 31.1 Å². The highest BCUT2D eigenvalue weighted by Gasteiger charge is 2.73. The molecular weight excluding hydrogens is 827 g/mol. The number of benzene rings is 4. The molecule has 6 amide bonds. The van der Waals surface area contributed by atoms with Gasteiger partial charge in [0.25, 0.3) is 11.8 Å². The summed E-state index contributed by atoms with van der Waals surface area (Å²) in [7, 11) is 0. The minimum atomic E-state index is -1.07. The predicted octanol–water partition coefficient (Wildman–Crippen LogP) is 6.58. The van der Waals surface area contributed by atoms with E-state index < -0.39 is 34.9 Å². The number of nitrogens with zero attached hydrogens (tertiary/aromatic N) is 1. The molecule has 5 N–H and O–H groups in total. The molecular formula is C48H42Cl2N6O6. The Bertz CT molecular complexity index is 2700. The SMILES string of the molecule is O=C1CCC(N2Cc3cc(C#CCCCNC(=O)c4ccc(NC(=O)[C@@H]5NC6(CCCCC6)[C@]67C(=O)Nc8cc(Cl)c(cc86)-c6c(Cl)cccc6[C@@H]57)cc4)ccc3C2=O)C(=O)N1. The van der Waals surface area contributed by atoms with E-state index in [0.717, 1.165) is 65.5 Å². The lowest BCUT2D eigenvalue weighted by molar-refractivity contribution is -0.137. The zero-order chi connectivity index (χ0) is 42.9. The molecule has 4 atom stereocenters. The minimum Gasteiger partial charge on any atom is -0.352 e. The maximum absolute atomic E-state index is 14.6. The molecule has 3 fully saturated rings. The van der Waals surface area contributed by atoms with Gasteiger partial charge in [0.1, 0.15) is 11.5 Å². The molecule has 12 nitrogen and oxygen atoms in total. The third-order valence-corrected chi connectivity index (χ3v) is 14.3. The van der Waals surface area contributed by atoms with Crippen molar-refractivity contribution in [3.8, 4) is 23.0 Å². The molecule has 1 unspecified atom stereocenters. The fraction of sp³-hybridized carbons (Fsp3) is 0.333. The lowest BCUT2D eigenvalue weighted by Gasteiger charge is -2.46. The molecule has 4 aliphatic heterocycles. The molecule has 4 heterocycles. The lowest BCUT2D eigenvalue weighted by atomic mass is 9.56. The van der Waals surface area contributed by atoms with Crippen molar-refractivity contribution in [1.82, 2.24) is 20.9 Å². The Kier molecular flexibility index (Phi) is 9.97. The molecule has 62 heavy (non-hydrogen) atoms. The Morgan fingerprint density at radius 3 is 2.48 bits per heavy atom. The number of carbonyl (C=O) groups excluding carboxylic acids is 6. The van der Waals surface area contributed by atoms with Gasteiger partial charge in [-0.3, -0.25) is 39.4 Å². The number of carbonyl (C=O) groups is 6. The summed E-state index contributed by atoms with van der Waals surface area (Å²) in [6.45, 7) is 0.685. The number of hydrogen-bond donors (Lipinski definition) is 5. The Morgan fingerprint density at radius 1 is 0.887 bits per heavy atom. The summed E-state index contributed by atoms with van der Waals surface area (Å²) in [6, 6.07) is 20.1. The summed E-state index contributed by atoms with van der Waals surface area (Å²) >= 11 is 13.8. The van der Waals surface area contributed by atoms with Gasteiger partial charge in [0.2, 0.25) is 23.6 Å². The first-order valence-corrected chi connectivity index (χ1v) is 21.9. The quantitative estimate of drug-likeness (QED) is 0.0795. The van der Waals surface area contributed by atoms with Gasteiger partial charge in [-0.05, 0) is 103 Å². The van der Waals surface area contributed by atoms with E-state index in [1.807, 2.05) is 36.4 Å². The van der Waals surface area contributed by atoms with Crippen molar-refractivity contribution in [2.75, 3.05) is 17.2 Å². The smallest absolute Gasteiger partial charge is 0.255 e. The first kappa shape index (κ1) is 40.1. The number of unbranched alkanes of at least 4 members (excludes halogenated alkanes) is 1. The van der Waals surface area contributed by atoms with E-state index in [1.54, 1.807) is 36.4 Å². The second-order valence-corrected chi connectivity index (χ2v) is 17.9.